The molecule has 0 spiro atoms. The van der Waals surface area contributed by atoms with Crippen LogP contribution in [-0.4, -0.2) is 17.7 Å². The highest BCUT2D eigenvalue weighted by Gasteiger charge is 2.10. The molecule has 0 aliphatic rings. The van der Waals surface area contributed by atoms with E-state index in [-0.39, 0.29) is 12.6 Å². The lowest BCUT2D eigenvalue weighted by molar-refractivity contribution is 0.175. The Morgan fingerprint density at radius 3 is 2.36 bits per heavy atom. The summed E-state index contributed by atoms with van der Waals surface area (Å²) in [6.07, 6.45) is -0.718. The molecule has 2 aromatic rings. The SMILES string of the molecule is Cc1ccc(C(O)CNC(=O)Nc2cc(C)ccc2C)cc1. The standard InChI is InChI=1S/C18H22N2O2/c1-12-5-8-15(9-6-12)17(21)11-19-18(22)20-16-10-13(2)4-7-14(16)3/h4-10,17,21H,11H2,1-3H3,(H2,19,20,22). The third-order valence-corrected chi connectivity index (χ3v) is 3.56. The van der Waals surface area contributed by atoms with E-state index in [4.69, 9.17) is 0 Å². The van der Waals surface area contributed by atoms with Gasteiger partial charge in [-0.25, -0.2) is 4.79 Å². The summed E-state index contributed by atoms with van der Waals surface area (Å²) in [6, 6.07) is 13.2. The topological polar surface area (TPSA) is 61.4 Å². The quantitative estimate of drug-likeness (QED) is 0.809. The Hall–Kier alpha value is -2.33. The van der Waals surface area contributed by atoms with Gasteiger partial charge in [-0.2, -0.15) is 0 Å². The second kappa shape index (κ2) is 7.09. The molecule has 0 bridgehead atoms. The minimum atomic E-state index is -0.718. The van der Waals surface area contributed by atoms with Crippen LogP contribution in [0.3, 0.4) is 0 Å². The van der Waals surface area contributed by atoms with Gasteiger partial charge in [0.1, 0.15) is 0 Å². The molecule has 2 amide bonds. The molecule has 2 aromatic carbocycles. The zero-order valence-corrected chi connectivity index (χ0v) is 13.2. The molecule has 4 heteroatoms. The predicted octanol–water partition coefficient (Wildman–Crippen LogP) is 3.47. The number of benzene rings is 2. The first-order valence-corrected chi connectivity index (χ1v) is 7.32. The molecule has 0 aromatic heterocycles. The van der Waals surface area contributed by atoms with Gasteiger partial charge in [0.05, 0.1) is 6.10 Å². The van der Waals surface area contributed by atoms with E-state index < -0.39 is 6.10 Å². The van der Waals surface area contributed by atoms with Crippen molar-refractivity contribution in [2.75, 3.05) is 11.9 Å². The van der Waals surface area contributed by atoms with Crippen molar-refractivity contribution >= 4 is 11.7 Å². The molecule has 0 radical (unpaired) electrons. The lowest BCUT2D eigenvalue weighted by Gasteiger charge is -2.14. The fraction of sp³-hybridized carbons (Fsp3) is 0.278. The maximum absolute atomic E-state index is 11.9. The van der Waals surface area contributed by atoms with Crippen LogP contribution in [0, 0.1) is 20.8 Å². The molecule has 1 atom stereocenters. The minimum absolute atomic E-state index is 0.166. The second-order valence-corrected chi connectivity index (χ2v) is 5.58. The van der Waals surface area contributed by atoms with Gasteiger partial charge in [0.25, 0.3) is 0 Å². The number of rotatable bonds is 4. The monoisotopic (exact) mass is 298 g/mol. The van der Waals surface area contributed by atoms with Gasteiger partial charge in [-0.1, -0.05) is 42.0 Å². The van der Waals surface area contributed by atoms with Crippen molar-refractivity contribution in [1.82, 2.24) is 5.32 Å². The summed E-state index contributed by atoms with van der Waals surface area (Å²) in [4.78, 5) is 11.9. The Morgan fingerprint density at radius 2 is 1.68 bits per heavy atom. The van der Waals surface area contributed by atoms with Gasteiger partial charge in [-0.05, 0) is 43.5 Å². The minimum Gasteiger partial charge on any atom is -0.387 e. The van der Waals surface area contributed by atoms with Crippen LogP contribution in [0.5, 0.6) is 0 Å². The molecule has 22 heavy (non-hydrogen) atoms. The summed E-state index contributed by atoms with van der Waals surface area (Å²) in [7, 11) is 0. The molecule has 116 valence electrons. The Morgan fingerprint density at radius 1 is 1.05 bits per heavy atom. The number of aliphatic hydroxyl groups is 1. The van der Waals surface area contributed by atoms with Gasteiger partial charge < -0.3 is 15.7 Å². The van der Waals surface area contributed by atoms with E-state index in [1.807, 2.05) is 63.2 Å². The number of urea groups is 1. The van der Waals surface area contributed by atoms with Crippen LogP contribution >= 0.6 is 0 Å². The van der Waals surface area contributed by atoms with Gasteiger partial charge in [0.15, 0.2) is 0 Å². The molecule has 2 rings (SSSR count). The average molecular weight is 298 g/mol. The first kappa shape index (κ1) is 16.0. The molecule has 0 saturated carbocycles. The Bertz CT molecular complexity index is 651. The lowest BCUT2D eigenvalue weighted by Crippen LogP contribution is -2.32. The number of aliphatic hydroxyl groups excluding tert-OH is 1. The fourth-order valence-corrected chi connectivity index (χ4v) is 2.13. The molecule has 4 nitrogen and oxygen atoms in total. The summed E-state index contributed by atoms with van der Waals surface area (Å²) < 4.78 is 0. The van der Waals surface area contributed by atoms with Crippen LogP contribution in [0.15, 0.2) is 42.5 Å². The second-order valence-electron chi connectivity index (χ2n) is 5.58. The normalized spacial score (nSPS) is 11.8. The highest BCUT2D eigenvalue weighted by atomic mass is 16.3. The summed E-state index contributed by atoms with van der Waals surface area (Å²) in [5.74, 6) is 0. The zero-order chi connectivity index (χ0) is 16.1. The van der Waals surface area contributed by atoms with Gasteiger partial charge in [-0.15, -0.1) is 0 Å². The number of carbonyl (C=O) groups is 1. The molecule has 0 heterocycles. The molecular weight excluding hydrogens is 276 g/mol. The van der Waals surface area contributed by atoms with Crippen molar-refractivity contribution in [3.63, 3.8) is 0 Å². The maximum atomic E-state index is 11.9. The molecule has 0 aliphatic heterocycles. The van der Waals surface area contributed by atoms with E-state index in [0.29, 0.717) is 0 Å². The van der Waals surface area contributed by atoms with E-state index in [1.165, 1.54) is 0 Å². The third kappa shape index (κ3) is 4.33. The van der Waals surface area contributed by atoms with Crippen molar-refractivity contribution in [1.29, 1.82) is 0 Å². The van der Waals surface area contributed by atoms with Crippen LogP contribution < -0.4 is 10.6 Å². The van der Waals surface area contributed by atoms with E-state index in [9.17, 15) is 9.90 Å². The van der Waals surface area contributed by atoms with Gasteiger partial charge in [-0.3, -0.25) is 0 Å². The lowest BCUT2D eigenvalue weighted by atomic mass is 10.1. The summed E-state index contributed by atoms with van der Waals surface area (Å²) in [5, 5.41) is 15.6. The predicted molar refractivity (Wildman–Crippen MR) is 89.1 cm³/mol. The number of hydrogen-bond donors (Lipinski definition) is 3. The van der Waals surface area contributed by atoms with Crippen molar-refractivity contribution in [3.8, 4) is 0 Å². The number of amides is 2. The van der Waals surface area contributed by atoms with E-state index >= 15 is 0 Å². The number of anilines is 1. The van der Waals surface area contributed by atoms with Crippen LogP contribution in [0.2, 0.25) is 0 Å². The highest BCUT2D eigenvalue weighted by Crippen LogP contribution is 2.16. The Balaban J connectivity index is 1.89. The fourth-order valence-electron chi connectivity index (χ4n) is 2.13. The van der Waals surface area contributed by atoms with E-state index in [1.54, 1.807) is 0 Å². The largest absolute Gasteiger partial charge is 0.387 e. The maximum Gasteiger partial charge on any atom is 0.319 e. The molecular formula is C18H22N2O2. The van der Waals surface area contributed by atoms with Crippen LogP contribution in [0.25, 0.3) is 0 Å². The van der Waals surface area contributed by atoms with Crippen LogP contribution in [0.4, 0.5) is 10.5 Å². The van der Waals surface area contributed by atoms with Crippen molar-refractivity contribution < 1.29 is 9.90 Å². The summed E-state index contributed by atoms with van der Waals surface area (Å²) in [6.45, 7) is 6.08. The summed E-state index contributed by atoms with van der Waals surface area (Å²) >= 11 is 0. The smallest absolute Gasteiger partial charge is 0.319 e. The van der Waals surface area contributed by atoms with E-state index in [0.717, 1.165) is 27.9 Å². The number of hydrogen-bond acceptors (Lipinski definition) is 2. The zero-order valence-electron chi connectivity index (χ0n) is 13.2. The molecule has 0 aliphatic carbocycles. The molecule has 0 fully saturated rings. The Labute approximate surface area is 131 Å². The van der Waals surface area contributed by atoms with Crippen molar-refractivity contribution in [2.45, 2.75) is 26.9 Å². The van der Waals surface area contributed by atoms with Gasteiger partial charge >= 0.3 is 6.03 Å². The molecule has 1 unspecified atom stereocenters. The van der Waals surface area contributed by atoms with Gasteiger partial charge in [0, 0.05) is 12.2 Å². The van der Waals surface area contributed by atoms with Crippen molar-refractivity contribution in [2.24, 2.45) is 0 Å². The highest BCUT2D eigenvalue weighted by molar-refractivity contribution is 5.90. The first-order valence-electron chi connectivity index (χ1n) is 7.32. The van der Waals surface area contributed by atoms with Crippen LogP contribution in [0.1, 0.15) is 28.4 Å². The third-order valence-electron chi connectivity index (χ3n) is 3.56. The van der Waals surface area contributed by atoms with Crippen molar-refractivity contribution in [3.05, 3.63) is 64.7 Å². The molecule has 0 saturated heterocycles. The first-order chi connectivity index (χ1) is 10.5. The number of carbonyl (C=O) groups excluding carboxylic acids is 1. The number of aryl methyl sites for hydroxylation is 3. The van der Waals surface area contributed by atoms with Crippen LogP contribution in [-0.2, 0) is 0 Å². The van der Waals surface area contributed by atoms with E-state index in [2.05, 4.69) is 10.6 Å². The number of nitrogens with one attached hydrogen (secondary N) is 2. The molecule has 3 N–H and O–H groups in total. The average Bonchev–Trinajstić information content (AvgIpc) is 2.49. The summed E-state index contributed by atoms with van der Waals surface area (Å²) in [5.41, 5.74) is 4.79. The van der Waals surface area contributed by atoms with Gasteiger partial charge in [0.2, 0.25) is 0 Å². The Kier molecular flexibility index (Phi) is 5.17.